The number of aliphatic hydroxyl groups is 1. The molecule has 31 heavy (non-hydrogen) atoms. The molecule has 0 aromatic carbocycles. The molecule has 168 valence electrons. The highest BCUT2D eigenvalue weighted by atomic mass is 19.4. The van der Waals surface area contributed by atoms with Crippen molar-refractivity contribution in [3.05, 3.63) is 29.2 Å². The van der Waals surface area contributed by atoms with Gasteiger partial charge in [-0.05, 0) is 30.1 Å². The Morgan fingerprint density at radius 1 is 1.10 bits per heavy atom. The van der Waals surface area contributed by atoms with Gasteiger partial charge in [0.2, 0.25) is 5.82 Å². The van der Waals surface area contributed by atoms with Crippen LogP contribution in [0.5, 0.6) is 0 Å². The summed E-state index contributed by atoms with van der Waals surface area (Å²) < 4.78 is 79.5. The molecule has 3 aliphatic rings. The summed E-state index contributed by atoms with van der Waals surface area (Å²) in [5.74, 6) is -4.66. The standard InChI is InChI=1S/C19H18F6N4O2/c20-18(21,22)14-13-10(7-11(30)16(14)31)8-27-15(13)9-2-5-29(6-3-9)12-1-4-26-17(28-12)19(23,24)25/h1,4,9,14,16,31H,2-3,5-8H2/t14-,16+/m1/s1. The number of nitrogens with zero attached hydrogens (tertiary/aromatic N) is 4. The fraction of sp³-hybridized carbons (Fsp3) is 0.579. The lowest BCUT2D eigenvalue weighted by molar-refractivity contribution is -0.190. The maximum absolute atomic E-state index is 13.6. The third-order valence-electron chi connectivity index (χ3n) is 5.89. The smallest absolute Gasteiger partial charge is 0.384 e. The van der Waals surface area contributed by atoms with Crippen LogP contribution in [0.25, 0.3) is 0 Å². The van der Waals surface area contributed by atoms with E-state index in [1.165, 1.54) is 6.07 Å². The highest BCUT2D eigenvalue weighted by molar-refractivity contribution is 6.08. The van der Waals surface area contributed by atoms with Crippen LogP contribution in [0.1, 0.15) is 25.1 Å². The first-order valence-electron chi connectivity index (χ1n) is 9.66. The van der Waals surface area contributed by atoms with Crippen LogP contribution in [0.2, 0.25) is 0 Å². The molecule has 12 heteroatoms. The summed E-state index contributed by atoms with van der Waals surface area (Å²) in [5, 5.41) is 9.95. The highest BCUT2D eigenvalue weighted by Crippen LogP contribution is 2.45. The summed E-state index contributed by atoms with van der Waals surface area (Å²) in [6, 6.07) is 1.35. The molecule has 1 aliphatic carbocycles. The van der Waals surface area contributed by atoms with E-state index in [2.05, 4.69) is 15.0 Å². The number of aliphatic hydroxyl groups excluding tert-OH is 1. The summed E-state index contributed by atoms with van der Waals surface area (Å²) >= 11 is 0. The van der Waals surface area contributed by atoms with Crippen molar-refractivity contribution in [2.75, 3.05) is 24.5 Å². The highest BCUT2D eigenvalue weighted by Gasteiger charge is 2.54. The van der Waals surface area contributed by atoms with E-state index in [1.807, 2.05) is 0 Å². The molecule has 2 aliphatic heterocycles. The van der Waals surface area contributed by atoms with Gasteiger partial charge < -0.3 is 10.0 Å². The lowest BCUT2D eigenvalue weighted by atomic mass is 9.74. The van der Waals surface area contributed by atoms with Gasteiger partial charge in [0.15, 0.2) is 5.78 Å². The van der Waals surface area contributed by atoms with Gasteiger partial charge in [0.25, 0.3) is 0 Å². The molecule has 4 rings (SSSR count). The number of rotatable bonds is 2. The maximum atomic E-state index is 13.6. The van der Waals surface area contributed by atoms with Crippen molar-refractivity contribution in [3.63, 3.8) is 0 Å². The molecule has 0 unspecified atom stereocenters. The van der Waals surface area contributed by atoms with E-state index in [4.69, 9.17) is 0 Å². The summed E-state index contributed by atoms with van der Waals surface area (Å²) in [5.41, 5.74) is 0.460. The molecule has 0 bridgehead atoms. The van der Waals surface area contributed by atoms with Gasteiger partial charge in [-0.1, -0.05) is 0 Å². The monoisotopic (exact) mass is 448 g/mol. The van der Waals surface area contributed by atoms with Gasteiger partial charge in [-0.3, -0.25) is 9.79 Å². The Morgan fingerprint density at radius 3 is 2.39 bits per heavy atom. The molecule has 0 amide bonds. The largest absolute Gasteiger partial charge is 0.451 e. The first-order chi connectivity index (χ1) is 14.5. The van der Waals surface area contributed by atoms with Gasteiger partial charge in [-0.2, -0.15) is 26.3 Å². The van der Waals surface area contributed by atoms with Crippen molar-refractivity contribution in [1.82, 2.24) is 9.97 Å². The van der Waals surface area contributed by atoms with Crippen LogP contribution in [-0.2, 0) is 11.0 Å². The Kier molecular flexibility index (Phi) is 5.31. The molecule has 1 aromatic rings. The molecular formula is C19H18F6N4O2. The van der Waals surface area contributed by atoms with Crippen molar-refractivity contribution < 1.29 is 36.2 Å². The van der Waals surface area contributed by atoms with Gasteiger partial charge in [-0.15, -0.1) is 0 Å². The molecule has 1 N–H and O–H groups in total. The van der Waals surface area contributed by atoms with E-state index in [9.17, 15) is 36.2 Å². The predicted octanol–water partition coefficient (Wildman–Crippen LogP) is 2.98. The molecule has 6 nitrogen and oxygen atoms in total. The van der Waals surface area contributed by atoms with Crippen LogP contribution >= 0.6 is 0 Å². The second-order valence-electron chi connectivity index (χ2n) is 7.82. The van der Waals surface area contributed by atoms with Gasteiger partial charge >= 0.3 is 12.4 Å². The molecule has 0 spiro atoms. The second kappa shape index (κ2) is 7.57. The Bertz CT molecular complexity index is 947. The zero-order valence-corrected chi connectivity index (χ0v) is 16.0. The number of hydrogen-bond donors (Lipinski definition) is 1. The molecule has 1 saturated heterocycles. The van der Waals surface area contributed by atoms with Crippen LogP contribution in [0.3, 0.4) is 0 Å². The van der Waals surface area contributed by atoms with E-state index in [0.29, 0.717) is 18.4 Å². The van der Waals surface area contributed by atoms with E-state index < -0.39 is 36.0 Å². The SMILES string of the molecule is O=C1CC2=C(C(C3CCN(c4ccnc(C(F)(F)F)n4)CC3)=NC2)[C@@H](C(F)(F)F)[C@H]1O. The summed E-state index contributed by atoms with van der Waals surface area (Å²) in [7, 11) is 0. The lowest BCUT2D eigenvalue weighted by Gasteiger charge is -2.36. The predicted molar refractivity (Wildman–Crippen MR) is 96.5 cm³/mol. The van der Waals surface area contributed by atoms with Gasteiger partial charge in [0, 0.05) is 37.3 Å². The van der Waals surface area contributed by atoms with Crippen LogP contribution in [0, 0.1) is 11.8 Å². The zero-order valence-electron chi connectivity index (χ0n) is 16.0. The van der Waals surface area contributed by atoms with Crippen molar-refractivity contribution >= 4 is 17.3 Å². The van der Waals surface area contributed by atoms with E-state index in [0.717, 1.165) is 6.20 Å². The summed E-state index contributed by atoms with van der Waals surface area (Å²) in [6.07, 6.45) is -10.1. The fourth-order valence-electron chi connectivity index (χ4n) is 4.46. The number of Topliss-reactive ketones (excluding diaryl/α,β-unsaturated/α-hetero) is 1. The zero-order chi connectivity index (χ0) is 22.6. The number of piperidine rings is 1. The molecule has 0 radical (unpaired) electrons. The minimum atomic E-state index is -4.79. The van der Waals surface area contributed by atoms with E-state index in [1.54, 1.807) is 4.90 Å². The number of carbonyl (C=O) groups is 1. The lowest BCUT2D eigenvalue weighted by Crippen LogP contribution is -2.46. The molecule has 3 heterocycles. The third kappa shape index (κ3) is 4.04. The minimum Gasteiger partial charge on any atom is -0.384 e. The number of aromatic nitrogens is 2. The Labute approximate surface area is 172 Å². The molecular weight excluding hydrogens is 430 g/mol. The van der Waals surface area contributed by atoms with Gasteiger partial charge in [0.1, 0.15) is 17.8 Å². The number of aliphatic imine (C=N–C) groups is 1. The van der Waals surface area contributed by atoms with E-state index in [-0.39, 0.29) is 49.1 Å². The maximum Gasteiger partial charge on any atom is 0.451 e. The van der Waals surface area contributed by atoms with Gasteiger partial charge in [-0.25, -0.2) is 9.97 Å². The topological polar surface area (TPSA) is 78.7 Å². The van der Waals surface area contributed by atoms with Crippen LogP contribution in [0.15, 0.2) is 28.4 Å². The average molecular weight is 448 g/mol. The molecule has 1 aromatic heterocycles. The summed E-state index contributed by atoms with van der Waals surface area (Å²) in [6.45, 7) is 0.550. The minimum absolute atomic E-state index is 0.00320. The second-order valence-corrected chi connectivity index (χ2v) is 7.82. The van der Waals surface area contributed by atoms with Crippen molar-refractivity contribution in [2.45, 2.75) is 37.7 Å². The number of anilines is 1. The first-order valence-corrected chi connectivity index (χ1v) is 9.66. The number of alkyl halides is 6. The molecule has 0 saturated carbocycles. The van der Waals surface area contributed by atoms with E-state index >= 15 is 0 Å². The summed E-state index contributed by atoms with van der Waals surface area (Å²) in [4.78, 5) is 24.5. The van der Waals surface area contributed by atoms with Crippen LogP contribution in [0.4, 0.5) is 32.2 Å². The number of halogens is 6. The van der Waals surface area contributed by atoms with Crippen molar-refractivity contribution in [1.29, 1.82) is 0 Å². The quantitative estimate of drug-likeness (QED) is 0.704. The number of carbonyl (C=O) groups excluding carboxylic acids is 1. The Hall–Kier alpha value is -2.50. The number of hydrogen-bond acceptors (Lipinski definition) is 6. The Balaban J connectivity index is 1.51. The average Bonchev–Trinajstić information content (AvgIpc) is 3.10. The normalized spacial score (nSPS) is 25.7. The fourth-order valence-corrected chi connectivity index (χ4v) is 4.46. The number of ketones is 1. The van der Waals surface area contributed by atoms with Crippen molar-refractivity contribution in [3.8, 4) is 0 Å². The van der Waals surface area contributed by atoms with Crippen LogP contribution < -0.4 is 4.90 Å². The molecule has 2 atom stereocenters. The Morgan fingerprint density at radius 2 is 1.77 bits per heavy atom. The first kappa shape index (κ1) is 21.7. The molecule has 1 fully saturated rings. The van der Waals surface area contributed by atoms with Crippen LogP contribution in [-0.4, -0.2) is 58.5 Å². The van der Waals surface area contributed by atoms with Crippen molar-refractivity contribution in [2.24, 2.45) is 16.8 Å². The van der Waals surface area contributed by atoms with Gasteiger partial charge in [0.05, 0.1) is 6.54 Å². The third-order valence-corrected chi connectivity index (χ3v) is 5.89.